The summed E-state index contributed by atoms with van der Waals surface area (Å²) >= 11 is 5.80. The largest absolute Gasteiger partial charge is 0.478 e. The van der Waals surface area contributed by atoms with E-state index < -0.39 is 15.8 Å². The van der Waals surface area contributed by atoms with Gasteiger partial charge in [-0.25, -0.2) is 13.2 Å². The predicted octanol–water partition coefficient (Wildman–Crippen LogP) is 2.55. The molecule has 7 heteroatoms. The molecule has 0 amide bonds. The second-order valence-corrected chi connectivity index (χ2v) is 6.76. The Bertz CT molecular complexity index is 595. The van der Waals surface area contributed by atoms with Gasteiger partial charge in [-0.2, -0.15) is 0 Å². The zero-order valence-corrected chi connectivity index (χ0v) is 12.9. The monoisotopic (exact) mass is 320 g/mol. The fraction of sp³-hybridized carbons (Fsp3) is 0.462. The highest BCUT2D eigenvalue weighted by Gasteiger charge is 2.22. The Labute approximate surface area is 123 Å². The van der Waals surface area contributed by atoms with Gasteiger partial charge in [0.1, 0.15) is 0 Å². The highest BCUT2D eigenvalue weighted by Crippen LogP contribution is 2.25. The Morgan fingerprint density at radius 1 is 1.40 bits per heavy atom. The Balaban J connectivity index is 3.09. The fourth-order valence-electron chi connectivity index (χ4n) is 1.80. The molecule has 0 bridgehead atoms. The van der Waals surface area contributed by atoms with E-state index in [2.05, 4.69) is 0 Å². The molecule has 0 aliphatic rings. The van der Waals surface area contributed by atoms with Crippen LogP contribution in [-0.4, -0.2) is 38.5 Å². The maximum Gasteiger partial charge on any atom is 0.336 e. The third-order valence-corrected chi connectivity index (χ3v) is 4.93. The quantitative estimate of drug-likeness (QED) is 0.781. The number of aromatic carboxylic acids is 1. The molecule has 0 aliphatic heterocycles. The summed E-state index contributed by atoms with van der Waals surface area (Å²) in [6.07, 6.45) is 0.352. The normalized spacial score (nSPS) is 11.6. The van der Waals surface area contributed by atoms with Crippen LogP contribution in [0.3, 0.4) is 0 Å². The lowest BCUT2D eigenvalue weighted by Crippen LogP contribution is -2.13. The first kappa shape index (κ1) is 16.9. The van der Waals surface area contributed by atoms with Gasteiger partial charge in [0, 0.05) is 18.2 Å². The van der Waals surface area contributed by atoms with Crippen molar-refractivity contribution in [2.75, 3.05) is 19.0 Å². The van der Waals surface area contributed by atoms with Crippen molar-refractivity contribution in [3.05, 3.63) is 28.3 Å². The predicted molar refractivity (Wildman–Crippen MR) is 76.3 cm³/mol. The molecule has 1 aromatic rings. The standard InChI is InChI=1S/C13H17ClO5S/c1-3-19-5-4-6-20(17,18)12-8-10(14)7-11(9(12)2)13(15)16/h7-8H,3-6H2,1-2H3,(H,15,16). The van der Waals surface area contributed by atoms with Crippen molar-refractivity contribution in [2.24, 2.45) is 0 Å². The van der Waals surface area contributed by atoms with E-state index in [-0.39, 0.29) is 26.8 Å². The van der Waals surface area contributed by atoms with Crippen LogP contribution in [0.25, 0.3) is 0 Å². The fourth-order valence-corrected chi connectivity index (χ4v) is 3.69. The molecule has 0 heterocycles. The molecule has 0 radical (unpaired) electrons. The topological polar surface area (TPSA) is 80.7 Å². The molecule has 1 aromatic carbocycles. The molecule has 112 valence electrons. The van der Waals surface area contributed by atoms with Gasteiger partial charge in [-0.3, -0.25) is 0 Å². The van der Waals surface area contributed by atoms with E-state index in [0.717, 1.165) is 0 Å². The molecule has 0 unspecified atom stereocenters. The molecule has 0 atom stereocenters. The van der Waals surface area contributed by atoms with E-state index in [4.69, 9.17) is 21.4 Å². The molecule has 1 N–H and O–H groups in total. The van der Waals surface area contributed by atoms with Crippen LogP contribution >= 0.6 is 11.6 Å². The number of ether oxygens (including phenoxy) is 1. The lowest BCUT2D eigenvalue weighted by atomic mass is 10.1. The molecule has 0 saturated carbocycles. The van der Waals surface area contributed by atoms with Crippen molar-refractivity contribution in [1.82, 2.24) is 0 Å². The second-order valence-electron chi connectivity index (χ2n) is 4.25. The molecular weight excluding hydrogens is 304 g/mol. The van der Waals surface area contributed by atoms with Crippen molar-refractivity contribution in [3.63, 3.8) is 0 Å². The lowest BCUT2D eigenvalue weighted by Gasteiger charge is -2.11. The minimum Gasteiger partial charge on any atom is -0.478 e. The number of rotatable bonds is 7. The smallest absolute Gasteiger partial charge is 0.336 e. The van der Waals surface area contributed by atoms with Crippen molar-refractivity contribution >= 4 is 27.4 Å². The molecule has 5 nitrogen and oxygen atoms in total. The lowest BCUT2D eigenvalue weighted by molar-refractivity contribution is 0.0695. The molecule has 20 heavy (non-hydrogen) atoms. The summed E-state index contributed by atoms with van der Waals surface area (Å²) in [5.41, 5.74) is 0.110. The molecule has 0 aliphatic carbocycles. The molecule has 0 saturated heterocycles. The molecule has 1 rings (SSSR count). The second kappa shape index (κ2) is 7.06. The van der Waals surface area contributed by atoms with Gasteiger partial charge < -0.3 is 9.84 Å². The first-order chi connectivity index (χ1) is 9.29. The van der Waals surface area contributed by atoms with Crippen molar-refractivity contribution < 1.29 is 23.1 Å². The highest BCUT2D eigenvalue weighted by molar-refractivity contribution is 7.91. The van der Waals surface area contributed by atoms with Crippen LogP contribution < -0.4 is 0 Å². The first-order valence-corrected chi connectivity index (χ1v) is 8.16. The van der Waals surface area contributed by atoms with E-state index in [1.807, 2.05) is 6.92 Å². The van der Waals surface area contributed by atoms with Crippen molar-refractivity contribution in [1.29, 1.82) is 0 Å². The molecule has 0 spiro atoms. The number of hydrogen-bond acceptors (Lipinski definition) is 4. The van der Waals surface area contributed by atoms with Crippen LogP contribution in [0.15, 0.2) is 17.0 Å². The maximum absolute atomic E-state index is 12.2. The molecule has 0 fully saturated rings. The number of hydrogen-bond donors (Lipinski definition) is 1. The van der Waals surface area contributed by atoms with Crippen LogP contribution in [0.1, 0.15) is 29.3 Å². The van der Waals surface area contributed by atoms with Crippen LogP contribution in [0, 0.1) is 6.92 Å². The molecule has 0 aromatic heterocycles. The van der Waals surface area contributed by atoms with Gasteiger partial charge in [0.25, 0.3) is 0 Å². The molecular formula is C13H17ClO5S. The summed E-state index contributed by atoms with van der Waals surface area (Å²) in [5, 5.41) is 9.15. The summed E-state index contributed by atoms with van der Waals surface area (Å²) in [5.74, 6) is -1.30. The first-order valence-electron chi connectivity index (χ1n) is 6.13. The average molecular weight is 321 g/mol. The van der Waals surface area contributed by atoms with Crippen LogP contribution in [0.5, 0.6) is 0 Å². The Kier molecular flexibility index (Phi) is 5.98. The Morgan fingerprint density at radius 2 is 2.05 bits per heavy atom. The van der Waals surface area contributed by atoms with Gasteiger partial charge in [-0.05, 0) is 38.0 Å². The number of halogens is 1. The minimum atomic E-state index is -3.58. The van der Waals surface area contributed by atoms with Crippen LogP contribution in [-0.2, 0) is 14.6 Å². The summed E-state index contributed by atoms with van der Waals surface area (Å²) < 4.78 is 29.6. The number of benzene rings is 1. The summed E-state index contributed by atoms with van der Waals surface area (Å²) in [7, 11) is -3.58. The van der Waals surface area contributed by atoms with E-state index >= 15 is 0 Å². The Morgan fingerprint density at radius 3 is 2.60 bits per heavy atom. The minimum absolute atomic E-state index is 0.0288. The summed E-state index contributed by atoms with van der Waals surface area (Å²) in [6.45, 7) is 4.17. The third kappa shape index (κ3) is 4.19. The number of carboxylic acid groups (broad SMARTS) is 1. The summed E-state index contributed by atoms with van der Waals surface area (Å²) in [4.78, 5) is 11.1. The van der Waals surface area contributed by atoms with Crippen LogP contribution in [0.2, 0.25) is 5.02 Å². The maximum atomic E-state index is 12.2. The number of carbonyl (C=O) groups is 1. The highest BCUT2D eigenvalue weighted by atomic mass is 35.5. The van der Waals surface area contributed by atoms with E-state index in [9.17, 15) is 13.2 Å². The van der Waals surface area contributed by atoms with Gasteiger partial charge in [0.15, 0.2) is 9.84 Å². The average Bonchev–Trinajstić information content (AvgIpc) is 2.36. The van der Waals surface area contributed by atoms with Crippen LogP contribution in [0.4, 0.5) is 0 Å². The van der Waals surface area contributed by atoms with Crippen molar-refractivity contribution in [2.45, 2.75) is 25.2 Å². The van der Waals surface area contributed by atoms with Gasteiger partial charge in [-0.1, -0.05) is 11.6 Å². The van der Waals surface area contributed by atoms with E-state index in [1.165, 1.54) is 19.1 Å². The van der Waals surface area contributed by atoms with E-state index in [0.29, 0.717) is 19.6 Å². The third-order valence-electron chi connectivity index (χ3n) is 2.80. The van der Waals surface area contributed by atoms with Crippen molar-refractivity contribution in [3.8, 4) is 0 Å². The number of sulfone groups is 1. The van der Waals surface area contributed by atoms with Gasteiger partial charge >= 0.3 is 5.97 Å². The summed E-state index contributed by atoms with van der Waals surface area (Å²) in [6, 6.07) is 2.54. The Hall–Kier alpha value is -1.11. The SMILES string of the molecule is CCOCCCS(=O)(=O)c1cc(Cl)cc(C(=O)O)c1C. The van der Waals surface area contributed by atoms with E-state index in [1.54, 1.807) is 0 Å². The zero-order chi connectivity index (χ0) is 15.3. The zero-order valence-electron chi connectivity index (χ0n) is 11.3. The van der Waals surface area contributed by atoms with Gasteiger partial charge in [-0.15, -0.1) is 0 Å². The number of carboxylic acids is 1. The van der Waals surface area contributed by atoms with Gasteiger partial charge in [0.05, 0.1) is 16.2 Å². The van der Waals surface area contributed by atoms with Gasteiger partial charge in [0.2, 0.25) is 0 Å².